The molecular weight excluding hydrogens is 855 g/mol. The maximum atomic E-state index is 10.7. The summed E-state index contributed by atoms with van der Waals surface area (Å²) >= 11 is 0.569. The van der Waals surface area contributed by atoms with Crippen LogP contribution >= 0.6 is 20.4 Å². The van der Waals surface area contributed by atoms with Crippen LogP contribution in [0.4, 0.5) is 4.79 Å². The van der Waals surface area contributed by atoms with E-state index in [0.717, 1.165) is 0 Å². The van der Waals surface area contributed by atoms with E-state index in [-0.39, 0.29) is 286 Å². The Kier molecular flexibility index (Phi) is 145. The molecule has 14 N–H and O–H groups in total. The molecule has 19 nitrogen and oxygen atoms in total. The van der Waals surface area contributed by atoms with Crippen molar-refractivity contribution in [1.82, 2.24) is 0 Å². The molecule has 0 aliphatic carbocycles. The standard InChI is InChI=1S/C4H6O12S2.CH2O3.2ClH.2Cu.2K.4Na.Ni.4H2O.6H/c5-1(3(7)15-17(9,10)11)2(6)4(8)16-18(12,13)14;2-1(3)4;;;;;;;;;;;;;;;;;;;;;/h1-2,5-6H,(H,9,10,11)(H,12,13,14);(H2,2,3,4);2*1H;;;;;;;;;;4*1H2;;;;;;/q;;;;;;6*+1;+2;;;;;6*-1/p-2. The fourth-order valence-corrected chi connectivity index (χ4v) is 1.18. The van der Waals surface area contributed by atoms with E-state index < -0.39 is 51.1 Å². The summed E-state index contributed by atoms with van der Waals surface area (Å²) in [5, 5.41) is 31.6. The molecule has 0 aliphatic rings. The molecule has 2 radical (unpaired) electrons. The number of carbonyl (C=O) groups is 3. The van der Waals surface area contributed by atoms with Crippen molar-refractivity contribution in [3.63, 3.8) is 0 Å². The molecule has 32 heteroatoms. The van der Waals surface area contributed by atoms with Crippen LogP contribution in [-0.4, -0.2) is 98.6 Å². The number of aliphatic hydroxyl groups excluding tert-OH is 2. The van der Waals surface area contributed by atoms with Gasteiger partial charge in [-0.1, -0.05) is 0 Å². The van der Waals surface area contributed by atoms with Gasteiger partial charge in [0.15, 0.2) is 12.2 Å². The minimum absolute atomic E-state index is 0. The molecule has 2 unspecified atom stereocenters. The molecule has 0 spiro atoms. The molecule has 0 heterocycles. The summed E-state index contributed by atoms with van der Waals surface area (Å²) < 4.78 is 62.5. The van der Waals surface area contributed by atoms with Crippen LogP contribution < -0.4 is 221 Å². The van der Waals surface area contributed by atoms with Crippen molar-refractivity contribution in [2.45, 2.75) is 12.2 Å². The SMILES string of the molecule is O.O.O.O.O=C(O)O.O=C(OS(=O)(=O)O)C(O)C(O)C(=O)OS(=O)(=O)O.[Cl][Ni][Cl].[Cu].[Cu].[H-].[H-].[H-].[H-].[H-].[H-].[K+].[K+].[Na+].[Na+].[Na+].[Na+]. The maximum absolute atomic E-state index is 10.7. The predicted molar refractivity (Wildman–Crippen MR) is 90.8 cm³/mol. The number of hydrogen-bond acceptors (Lipinski definition) is 11. The molecule has 0 bridgehead atoms. The smallest absolute Gasteiger partial charge is 1.00 e. The Labute approximate surface area is 428 Å². The van der Waals surface area contributed by atoms with Crippen molar-refractivity contribution >= 4 is 59.3 Å². The molecule has 0 aliphatic heterocycles. The van der Waals surface area contributed by atoms with E-state index in [9.17, 15) is 26.4 Å². The Hall–Kier alpha value is 7.18. The second kappa shape index (κ2) is 55.6. The van der Waals surface area contributed by atoms with Gasteiger partial charge in [0.2, 0.25) is 0 Å². The van der Waals surface area contributed by atoms with Gasteiger partial charge >= 0.3 is 293 Å². The second-order valence-electron chi connectivity index (χ2n) is 2.88. The van der Waals surface area contributed by atoms with Gasteiger partial charge in [-0.15, -0.1) is 0 Å². The van der Waals surface area contributed by atoms with Crippen LogP contribution in [0.5, 0.6) is 0 Å². The number of carboxylic acid groups (broad SMARTS) is 2. The van der Waals surface area contributed by atoms with Crippen molar-refractivity contribution in [2.24, 2.45) is 0 Å². The molecule has 0 amide bonds. The van der Waals surface area contributed by atoms with Crippen molar-refractivity contribution in [3.8, 4) is 0 Å². The van der Waals surface area contributed by atoms with Gasteiger partial charge in [0.25, 0.3) is 0 Å². The first-order valence-electron chi connectivity index (χ1n) is 4.50. The van der Waals surface area contributed by atoms with E-state index in [1.165, 1.54) is 0 Å². The minimum atomic E-state index is -5.30. The summed E-state index contributed by atoms with van der Waals surface area (Å²) in [6, 6.07) is 0. The first-order chi connectivity index (χ1) is 11.0. The topological polar surface area (TPSA) is 385 Å². The Bertz CT molecular complexity index is 656. The number of halogens is 2. The Balaban J connectivity index is -0.00000000934. The van der Waals surface area contributed by atoms with Gasteiger partial charge in [-0.2, -0.15) is 16.8 Å². The third-order valence-corrected chi connectivity index (χ3v) is 1.91. The molecule has 0 saturated carbocycles. The van der Waals surface area contributed by atoms with Gasteiger partial charge in [-0.25, -0.2) is 14.4 Å². The van der Waals surface area contributed by atoms with Gasteiger partial charge in [-0.3, -0.25) is 9.11 Å². The average molecular weight is 877 g/mol. The largest absolute Gasteiger partial charge is 1.00 e. The van der Waals surface area contributed by atoms with E-state index in [0.29, 0.717) is 12.7 Å². The minimum Gasteiger partial charge on any atom is -1.00 e. The van der Waals surface area contributed by atoms with Gasteiger partial charge in [0, 0.05) is 34.1 Å². The van der Waals surface area contributed by atoms with Crippen LogP contribution in [0.2, 0.25) is 0 Å². The fraction of sp³-hybridized carbons (Fsp3) is 0.400. The second-order valence-corrected chi connectivity index (χ2v) is 6.55. The zero-order valence-corrected chi connectivity index (χ0v) is 39.8. The summed E-state index contributed by atoms with van der Waals surface area (Å²) in [6.45, 7) is 0. The first-order valence-corrected chi connectivity index (χ1v) is 9.95. The molecule has 37 heavy (non-hydrogen) atoms. The third kappa shape index (κ3) is 86.0. The van der Waals surface area contributed by atoms with Crippen molar-refractivity contribution in [2.75, 3.05) is 0 Å². The fourth-order valence-electron chi connectivity index (χ4n) is 0.564. The van der Waals surface area contributed by atoms with Crippen molar-refractivity contribution < 1.29 is 367 Å². The quantitative estimate of drug-likeness (QED) is 0.110. The molecule has 0 saturated heterocycles. The molecule has 220 valence electrons. The van der Waals surface area contributed by atoms with Crippen LogP contribution in [0.15, 0.2) is 0 Å². The first kappa shape index (κ1) is 96.7. The van der Waals surface area contributed by atoms with E-state index >= 15 is 0 Å². The van der Waals surface area contributed by atoms with E-state index in [2.05, 4.69) is 8.37 Å². The number of rotatable bonds is 5. The molecule has 0 aromatic heterocycles. The Morgan fingerprint density at radius 1 is 0.676 bits per heavy atom. The van der Waals surface area contributed by atoms with E-state index in [1.54, 1.807) is 0 Å². The number of hydrogen-bond donors (Lipinski definition) is 6. The van der Waals surface area contributed by atoms with Gasteiger partial charge < -0.3 is 59.3 Å². The number of carbonyl (C=O) groups excluding carboxylic acids is 2. The molecule has 2 atom stereocenters. The maximum Gasteiger partial charge on any atom is 1.00 e. The van der Waals surface area contributed by atoms with Gasteiger partial charge in [0.1, 0.15) is 0 Å². The zero-order valence-electron chi connectivity index (χ0n) is 25.5. The van der Waals surface area contributed by atoms with E-state index in [4.69, 9.17) is 54.7 Å². The van der Waals surface area contributed by atoms with Crippen LogP contribution in [0.25, 0.3) is 0 Å². The van der Waals surface area contributed by atoms with E-state index in [1.807, 2.05) is 0 Å². The monoisotopic (exact) mass is 874 g/mol. The van der Waals surface area contributed by atoms with Crippen molar-refractivity contribution in [1.29, 1.82) is 0 Å². The van der Waals surface area contributed by atoms with Crippen LogP contribution in [0.3, 0.4) is 0 Å². The molecule has 0 aromatic rings. The number of aliphatic hydroxyl groups is 2. The van der Waals surface area contributed by atoms with Crippen molar-refractivity contribution in [3.05, 3.63) is 0 Å². The normalized spacial score (nSPS) is 8.81. The molecule has 0 rings (SSSR count). The predicted octanol–water partition coefficient (Wildman–Crippen LogP) is -22.6. The summed E-state index contributed by atoms with van der Waals surface area (Å²) in [4.78, 5) is 29.9. The molecular formula is C5H22Cl2Cu2K2Na4NiO19S2. The van der Waals surface area contributed by atoms with Crippen LogP contribution in [0, 0.1) is 0 Å². The van der Waals surface area contributed by atoms with Gasteiger partial charge in [-0.05, 0) is 0 Å². The third-order valence-electron chi connectivity index (χ3n) is 1.16. The zero-order chi connectivity index (χ0) is 21.0. The van der Waals surface area contributed by atoms with Crippen LogP contribution in [0.1, 0.15) is 8.56 Å². The summed E-state index contributed by atoms with van der Waals surface area (Å²) in [7, 11) is -1.20. The molecule has 0 aromatic carbocycles. The Morgan fingerprint density at radius 2 is 0.784 bits per heavy atom. The molecule has 0 fully saturated rings. The summed E-state index contributed by atoms with van der Waals surface area (Å²) in [5.41, 5.74) is 0. The van der Waals surface area contributed by atoms with Crippen LogP contribution in [-0.2, 0) is 85.5 Å². The Morgan fingerprint density at radius 3 is 0.865 bits per heavy atom. The average Bonchev–Trinajstić information content (AvgIpc) is 2.33. The summed E-state index contributed by atoms with van der Waals surface area (Å²) in [6.07, 6.45) is -7.58. The van der Waals surface area contributed by atoms with Gasteiger partial charge in [0.05, 0.1) is 0 Å². The summed E-state index contributed by atoms with van der Waals surface area (Å²) in [5.74, 6) is -4.37.